The highest BCUT2D eigenvalue weighted by Crippen LogP contribution is 2.32. The highest BCUT2D eigenvalue weighted by atomic mass is 32.2. The van der Waals surface area contributed by atoms with Crippen molar-refractivity contribution in [2.45, 2.75) is 30.1 Å². The molecule has 0 saturated carbocycles. The van der Waals surface area contributed by atoms with Gasteiger partial charge in [0, 0.05) is 12.8 Å². The third-order valence-electron chi connectivity index (χ3n) is 5.42. The standard InChI is InChI=1S/C18H25N3O5S/c1-26-15-6-4-3-5-14(15)21-12-7-13(16(21)22)20-17(23)18(27(2,24)25)8-10-19-11-9-18/h3-6,13,19H,7-12H2,1-2H3,(H,20,23). The first-order valence-corrected chi connectivity index (χ1v) is 10.8. The minimum absolute atomic E-state index is 0.203. The van der Waals surface area contributed by atoms with E-state index in [2.05, 4.69) is 10.6 Å². The molecule has 0 aromatic heterocycles. The number of amides is 2. The second kappa shape index (κ2) is 7.47. The van der Waals surface area contributed by atoms with Crippen LogP contribution in [0, 0.1) is 0 Å². The van der Waals surface area contributed by atoms with Crippen LogP contribution in [0.15, 0.2) is 24.3 Å². The minimum atomic E-state index is -3.62. The first-order valence-electron chi connectivity index (χ1n) is 8.96. The molecular weight excluding hydrogens is 370 g/mol. The van der Waals surface area contributed by atoms with E-state index in [0.29, 0.717) is 37.5 Å². The molecule has 2 heterocycles. The van der Waals surface area contributed by atoms with Crippen LogP contribution in [0.2, 0.25) is 0 Å². The maximum absolute atomic E-state index is 12.9. The van der Waals surface area contributed by atoms with Crippen LogP contribution >= 0.6 is 0 Å². The molecule has 148 valence electrons. The van der Waals surface area contributed by atoms with Crippen LogP contribution in [0.3, 0.4) is 0 Å². The summed E-state index contributed by atoms with van der Waals surface area (Å²) in [5, 5.41) is 5.78. The third kappa shape index (κ3) is 3.53. The second-order valence-electron chi connectivity index (χ2n) is 6.99. The quantitative estimate of drug-likeness (QED) is 0.732. The Hall–Kier alpha value is -2.13. The number of nitrogens with one attached hydrogen (secondary N) is 2. The lowest BCUT2D eigenvalue weighted by Crippen LogP contribution is -2.59. The van der Waals surface area contributed by atoms with Gasteiger partial charge >= 0.3 is 0 Å². The Morgan fingerprint density at radius 1 is 1.30 bits per heavy atom. The largest absolute Gasteiger partial charge is 0.495 e. The molecule has 2 saturated heterocycles. The number of hydrogen-bond donors (Lipinski definition) is 2. The Morgan fingerprint density at radius 3 is 2.59 bits per heavy atom. The van der Waals surface area contributed by atoms with Crippen molar-refractivity contribution < 1.29 is 22.7 Å². The number of anilines is 1. The summed E-state index contributed by atoms with van der Waals surface area (Å²) < 4.78 is 28.6. The minimum Gasteiger partial charge on any atom is -0.495 e. The van der Waals surface area contributed by atoms with Crippen LogP contribution in [0.4, 0.5) is 5.69 Å². The summed E-state index contributed by atoms with van der Waals surface area (Å²) in [7, 11) is -2.09. The number of ether oxygens (including phenoxy) is 1. The lowest BCUT2D eigenvalue weighted by molar-refractivity contribution is -0.128. The number of rotatable bonds is 5. The molecule has 0 bridgehead atoms. The summed E-state index contributed by atoms with van der Waals surface area (Å²) in [6.45, 7) is 1.33. The fourth-order valence-electron chi connectivity index (χ4n) is 3.79. The number of benzene rings is 1. The van der Waals surface area contributed by atoms with Crippen molar-refractivity contribution >= 4 is 27.3 Å². The van der Waals surface area contributed by atoms with Gasteiger partial charge in [0.2, 0.25) is 11.8 Å². The number of carbonyl (C=O) groups excluding carboxylic acids is 2. The molecule has 0 spiro atoms. The fourth-order valence-corrected chi connectivity index (χ4v) is 5.13. The molecule has 2 aliphatic heterocycles. The summed E-state index contributed by atoms with van der Waals surface area (Å²) >= 11 is 0. The van der Waals surface area contributed by atoms with E-state index in [1.807, 2.05) is 12.1 Å². The van der Waals surface area contributed by atoms with Gasteiger partial charge in [0.05, 0.1) is 12.8 Å². The van der Waals surface area contributed by atoms with Crippen molar-refractivity contribution in [3.63, 3.8) is 0 Å². The Morgan fingerprint density at radius 2 is 1.96 bits per heavy atom. The number of para-hydroxylation sites is 2. The van der Waals surface area contributed by atoms with Crippen LogP contribution in [0.1, 0.15) is 19.3 Å². The van der Waals surface area contributed by atoms with E-state index in [-0.39, 0.29) is 18.7 Å². The van der Waals surface area contributed by atoms with Crippen LogP contribution in [0.5, 0.6) is 5.75 Å². The van der Waals surface area contributed by atoms with Gasteiger partial charge in [-0.2, -0.15) is 0 Å². The van der Waals surface area contributed by atoms with Crippen molar-refractivity contribution in [3.8, 4) is 5.75 Å². The molecule has 1 aromatic carbocycles. The molecule has 8 nitrogen and oxygen atoms in total. The molecule has 27 heavy (non-hydrogen) atoms. The lowest BCUT2D eigenvalue weighted by atomic mass is 9.95. The predicted octanol–water partition coefficient (Wildman–Crippen LogP) is 0.0835. The van der Waals surface area contributed by atoms with E-state index in [0.717, 1.165) is 6.26 Å². The van der Waals surface area contributed by atoms with Gasteiger partial charge < -0.3 is 20.3 Å². The van der Waals surface area contributed by atoms with Crippen molar-refractivity contribution in [2.24, 2.45) is 0 Å². The summed E-state index contributed by atoms with van der Waals surface area (Å²) in [6.07, 6.45) is 1.92. The van der Waals surface area contributed by atoms with Crippen LogP contribution in [-0.4, -0.2) is 64.0 Å². The molecule has 2 aliphatic rings. The Labute approximate surface area is 159 Å². The van der Waals surface area contributed by atoms with Gasteiger partial charge in [0.15, 0.2) is 14.6 Å². The first-order chi connectivity index (χ1) is 12.8. The van der Waals surface area contributed by atoms with Gasteiger partial charge in [-0.1, -0.05) is 12.1 Å². The topological polar surface area (TPSA) is 105 Å². The SMILES string of the molecule is COc1ccccc1N1CCC(NC(=O)C2(S(C)(=O)=O)CCNCC2)C1=O. The van der Waals surface area contributed by atoms with Crippen molar-refractivity contribution in [2.75, 3.05) is 37.9 Å². The van der Waals surface area contributed by atoms with Crippen LogP contribution in [-0.2, 0) is 19.4 Å². The Balaban J connectivity index is 1.78. The zero-order chi connectivity index (χ0) is 19.7. The summed E-state index contributed by atoms with van der Waals surface area (Å²) in [6, 6.07) is 6.43. The van der Waals surface area contributed by atoms with E-state index in [9.17, 15) is 18.0 Å². The fraction of sp³-hybridized carbons (Fsp3) is 0.556. The highest BCUT2D eigenvalue weighted by Gasteiger charge is 2.50. The zero-order valence-electron chi connectivity index (χ0n) is 15.5. The maximum atomic E-state index is 12.9. The highest BCUT2D eigenvalue weighted by molar-refractivity contribution is 7.92. The molecule has 0 radical (unpaired) electrons. The lowest BCUT2D eigenvalue weighted by Gasteiger charge is -2.35. The normalized spacial score (nSPS) is 22.5. The van der Waals surface area contributed by atoms with E-state index in [1.54, 1.807) is 17.0 Å². The average molecular weight is 395 g/mol. The van der Waals surface area contributed by atoms with Crippen LogP contribution < -0.4 is 20.3 Å². The number of hydrogen-bond acceptors (Lipinski definition) is 6. The number of piperidine rings is 1. The van der Waals surface area contributed by atoms with Crippen molar-refractivity contribution in [1.29, 1.82) is 0 Å². The molecule has 2 N–H and O–H groups in total. The number of carbonyl (C=O) groups is 2. The van der Waals surface area contributed by atoms with Gasteiger partial charge in [0.25, 0.3) is 0 Å². The molecule has 1 atom stereocenters. The first kappa shape index (κ1) is 19.6. The molecule has 2 amide bonds. The smallest absolute Gasteiger partial charge is 0.249 e. The van der Waals surface area contributed by atoms with Gasteiger partial charge in [-0.15, -0.1) is 0 Å². The molecule has 2 fully saturated rings. The molecule has 3 rings (SSSR count). The van der Waals surface area contributed by atoms with Gasteiger partial charge in [0.1, 0.15) is 11.8 Å². The summed E-state index contributed by atoms with van der Waals surface area (Å²) in [4.78, 5) is 27.3. The van der Waals surface area contributed by atoms with Gasteiger partial charge in [-0.05, 0) is 44.5 Å². The van der Waals surface area contributed by atoms with E-state index >= 15 is 0 Å². The molecule has 1 unspecified atom stereocenters. The van der Waals surface area contributed by atoms with Gasteiger partial charge in [-0.3, -0.25) is 9.59 Å². The zero-order valence-corrected chi connectivity index (χ0v) is 16.3. The molecule has 1 aromatic rings. The van der Waals surface area contributed by atoms with Crippen LogP contribution in [0.25, 0.3) is 0 Å². The predicted molar refractivity (Wildman–Crippen MR) is 102 cm³/mol. The van der Waals surface area contributed by atoms with E-state index in [4.69, 9.17) is 4.74 Å². The monoisotopic (exact) mass is 395 g/mol. The average Bonchev–Trinajstić information content (AvgIpc) is 3.01. The van der Waals surface area contributed by atoms with E-state index < -0.39 is 26.5 Å². The third-order valence-corrected chi connectivity index (χ3v) is 7.43. The summed E-state index contributed by atoms with van der Waals surface area (Å²) in [5.41, 5.74) is 0.640. The van der Waals surface area contributed by atoms with Gasteiger partial charge in [-0.25, -0.2) is 8.42 Å². The molecule has 0 aliphatic carbocycles. The number of sulfone groups is 1. The van der Waals surface area contributed by atoms with Crippen molar-refractivity contribution in [3.05, 3.63) is 24.3 Å². The number of nitrogens with zero attached hydrogens (tertiary/aromatic N) is 1. The second-order valence-corrected chi connectivity index (χ2v) is 9.32. The molecule has 9 heteroatoms. The Bertz CT molecular complexity index is 833. The number of methoxy groups -OCH3 is 1. The summed E-state index contributed by atoms with van der Waals surface area (Å²) in [5.74, 6) is -0.263. The van der Waals surface area contributed by atoms with E-state index in [1.165, 1.54) is 7.11 Å². The molecular formula is C18H25N3O5S. The van der Waals surface area contributed by atoms with Crippen molar-refractivity contribution in [1.82, 2.24) is 10.6 Å². The Kier molecular flexibility index (Phi) is 5.43. The maximum Gasteiger partial charge on any atom is 0.249 e.